The van der Waals surface area contributed by atoms with Gasteiger partial charge in [0.2, 0.25) is 0 Å². The number of rotatable bonds is 6. The molecule has 8 heteroatoms. The zero-order chi connectivity index (χ0) is 24.6. The van der Waals surface area contributed by atoms with Crippen LogP contribution in [-0.2, 0) is 9.59 Å². The summed E-state index contributed by atoms with van der Waals surface area (Å²) in [4.78, 5) is 53.9. The van der Waals surface area contributed by atoms with E-state index in [9.17, 15) is 19.2 Å². The number of hydrogen-bond acceptors (Lipinski definition) is 5. The maximum absolute atomic E-state index is 13.6. The maximum Gasteiger partial charge on any atom is 0.273 e. The van der Waals surface area contributed by atoms with Gasteiger partial charge >= 0.3 is 0 Å². The summed E-state index contributed by atoms with van der Waals surface area (Å²) < 4.78 is 5.15. The number of carbonyl (C=O) groups excluding carboxylic acids is 4. The Balaban J connectivity index is 1.74. The molecule has 1 aliphatic carbocycles. The molecule has 4 atom stereocenters. The predicted molar refractivity (Wildman–Crippen MR) is 126 cm³/mol. The van der Waals surface area contributed by atoms with Crippen molar-refractivity contribution in [1.29, 1.82) is 0 Å². The lowest BCUT2D eigenvalue weighted by molar-refractivity contribution is -0.156. The molecule has 4 rings (SSSR count). The second-order valence-electron chi connectivity index (χ2n) is 8.57. The van der Waals surface area contributed by atoms with Gasteiger partial charge in [-0.15, -0.1) is 0 Å². The lowest BCUT2D eigenvalue weighted by Crippen LogP contribution is -2.56. The van der Waals surface area contributed by atoms with E-state index < -0.39 is 41.4 Å². The number of fused-ring (bicyclic) bond motifs is 1. The highest BCUT2D eigenvalue weighted by molar-refractivity contribution is 6.30. The SMILES string of the molecule is COc1ccc(C(=O)[C@H](C)N(C(=O)c2ccc(Cl)cc2)N2C(=O)[C@H]3[C@@H](C)C=CC[C@H]3C2=O)cc1. The van der Waals surface area contributed by atoms with Crippen molar-refractivity contribution in [2.45, 2.75) is 26.3 Å². The van der Waals surface area contributed by atoms with Crippen LogP contribution in [0.3, 0.4) is 0 Å². The molecule has 0 unspecified atom stereocenters. The second kappa shape index (κ2) is 9.43. The second-order valence-corrected chi connectivity index (χ2v) is 9.01. The fourth-order valence-electron chi connectivity index (χ4n) is 4.62. The van der Waals surface area contributed by atoms with Gasteiger partial charge in [-0.1, -0.05) is 30.7 Å². The van der Waals surface area contributed by atoms with Gasteiger partial charge in [-0.05, 0) is 67.8 Å². The van der Waals surface area contributed by atoms with E-state index in [2.05, 4.69) is 0 Å². The first-order valence-corrected chi connectivity index (χ1v) is 11.4. The summed E-state index contributed by atoms with van der Waals surface area (Å²) in [5.41, 5.74) is 0.536. The molecule has 0 saturated carbocycles. The summed E-state index contributed by atoms with van der Waals surface area (Å²) in [5.74, 6) is -2.68. The van der Waals surface area contributed by atoms with Crippen molar-refractivity contribution in [3.8, 4) is 5.75 Å². The topological polar surface area (TPSA) is 84.0 Å². The van der Waals surface area contributed by atoms with Gasteiger partial charge in [0.15, 0.2) is 5.78 Å². The number of Topliss-reactive ketones (excluding diaryl/α,β-unsaturated/α-hetero) is 1. The highest BCUT2D eigenvalue weighted by Gasteiger charge is 2.54. The minimum absolute atomic E-state index is 0.153. The lowest BCUT2D eigenvalue weighted by Gasteiger charge is -2.34. The molecule has 7 nitrogen and oxygen atoms in total. The maximum atomic E-state index is 13.6. The number of hydrogen-bond donors (Lipinski definition) is 0. The number of nitrogens with zero attached hydrogens (tertiary/aromatic N) is 2. The van der Waals surface area contributed by atoms with Crippen LogP contribution in [0, 0.1) is 17.8 Å². The molecule has 2 aliphatic rings. The molecule has 0 radical (unpaired) electrons. The van der Waals surface area contributed by atoms with Crippen LogP contribution in [0.1, 0.15) is 41.0 Å². The number of allylic oxidation sites excluding steroid dienone is 2. The zero-order valence-electron chi connectivity index (χ0n) is 19.1. The molecule has 1 aliphatic heterocycles. The Hall–Kier alpha value is -3.45. The molecular formula is C26H25ClN2O5. The number of hydrazine groups is 1. The average molecular weight is 481 g/mol. The molecular weight excluding hydrogens is 456 g/mol. The molecule has 3 amide bonds. The van der Waals surface area contributed by atoms with Crippen molar-refractivity contribution in [3.63, 3.8) is 0 Å². The van der Waals surface area contributed by atoms with Crippen molar-refractivity contribution >= 4 is 35.1 Å². The van der Waals surface area contributed by atoms with Gasteiger partial charge in [-0.2, -0.15) is 5.01 Å². The normalized spacial score (nSPS) is 22.4. The standard InChI is InChI=1S/C26H25ClN2O5/c1-15-5-4-6-21-22(15)26(33)29(25(21)32)28(24(31)18-7-11-19(27)12-8-18)16(2)23(30)17-9-13-20(34-3)14-10-17/h4-5,7-16,21-22H,6H2,1-3H3/t15-,16-,21+,22-/m0/s1. The van der Waals surface area contributed by atoms with Gasteiger partial charge in [-0.25, -0.2) is 5.01 Å². The minimum Gasteiger partial charge on any atom is -0.497 e. The third-order valence-electron chi connectivity index (χ3n) is 6.49. The van der Waals surface area contributed by atoms with Gasteiger partial charge in [0.25, 0.3) is 17.7 Å². The first kappa shape index (κ1) is 23.7. The number of halogens is 1. The van der Waals surface area contributed by atoms with Gasteiger partial charge in [0.1, 0.15) is 11.8 Å². The number of methoxy groups -OCH3 is 1. The molecule has 0 aromatic heterocycles. The minimum atomic E-state index is -1.12. The van der Waals surface area contributed by atoms with Crippen molar-refractivity contribution in [3.05, 3.63) is 76.8 Å². The highest BCUT2D eigenvalue weighted by Crippen LogP contribution is 2.40. The van der Waals surface area contributed by atoms with Crippen molar-refractivity contribution < 1.29 is 23.9 Å². The third kappa shape index (κ3) is 4.12. The van der Waals surface area contributed by atoms with E-state index in [1.165, 1.54) is 26.2 Å². The Bertz CT molecular complexity index is 1160. The molecule has 2 aromatic carbocycles. The summed E-state index contributed by atoms with van der Waals surface area (Å²) in [5, 5.41) is 2.33. The number of imide groups is 1. The van der Waals surface area contributed by atoms with E-state index in [0.717, 1.165) is 10.0 Å². The van der Waals surface area contributed by atoms with Crippen LogP contribution in [0.4, 0.5) is 0 Å². The van der Waals surface area contributed by atoms with Crippen LogP contribution in [0.5, 0.6) is 5.75 Å². The van der Waals surface area contributed by atoms with Gasteiger partial charge < -0.3 is 4.74 Å². The molecule has 1 saturated heterocycles. The van der Waals surface area contributed by atoms with E-state index >= 15 is 0 Å². The molecule has 0 spiro atoms. The van der Waals surface area contributed by atoms with Crippen LogP contribution >= 0.6 is 11.6 Å². The lowest BCUT2D eigenvalue weighted by atomic mass is 9.78. The van der Waals surface area contributed by atoms with E-state index in [0.29, 0.717) is 22.8 Å². The summed E-state index contributed by atoms with van der Waals surface area (Å²) in [6.07, 6.45) is 4.21. The predicted octanol–water partition coefficient (Wildman–Crippen LogP) is 4.17. The van der Waals surface area contributed by atoms with Crippen molar-refractivity contribution in [1.82, 2.24) is 10.0 Å². The first-order chi connectivity index (χ1) is 16.2. The molecule has 34 heavy (non-hydrogen) atoms. The summed E-state index contributed by atoms with van der Waals surface area (Å²) >= 11 is 5.97. The van der Waals surface area contributed by atoms with Crippen LogP contribution in [0.2, 0.25) is 5.02 Å². The van der Waals surface area contributed by atoms with E-state index in [1.807, 2.05) is 19.1 Å². The van der Waals surface area contributed by atoms with Gasteiger partial charge in [0.05, 0.1) is 18.9 Å². The van der Waals surface area contributed by atoms with Gasteiger partial charge in [0, 0.05) is 16.1 Å². The molecule has 0 N–H and O–H groups in total. The first-order valence-electron chi connectivity index (χ1n) is 11.1. The molecule has 1 fully saturated rings. The van der Waals surface area contributed by atoms with Crippen molar-refractivity contribution in [2.75, 3.05) is 7.11 Å². The number of carbonyl (C=O) groups is 4. The number of benzene rings is 2. The molecule has 1 heterocycles. The average Bonchev–Trinajstić information content (AvgIpc) is 3.10. The zero-order valence-corrected chi connectivity index (χ0v) is 19.9. The third-order valence-corrected chi connectivity index (χ3v) is 6.74. The van der Waals surface area contributed by atoms with Crippen LogP contribution < -0.4 is 4.74 Å². The quantitative estimate of drug-likeness (QED) is 0.352. The van der Waals surface area contributed by atoms with E-state index in [-0.39, 0.29) is 11.5 Å². The Labute approximate surface area is 202 Å². The Morgan fingerprint density at radius 1 is 1.03 bits per heavy atom. The number of ether oxygens (including phenoxy) is 1. The van der Waals surface area contributed by atoms with E-state index in [1.54, 1.807) is 36.4 Å². The summed E-state index contributed by atoms with van der Waals surface area (Å²) in [7, 11) is 1.52. The summed E-state index contributed by atoms with van der Waals surface area (Å²) in [6, 6.07) is 11.4. The molecule has 2 aromatic rings. The van der Waals surface area contributed by atoms with E-state index in [4.69, 9.17) is 16.3 Å². The van der Waals surface area contributed by atoms with Crippen LogP contribution in [-0.4, -0.2) is 46.7 Å². The summed E-state index contributed by atoms with van der Waals surface area (Å²) in [6.45, 7) is 3.39. The molecule has 176 valence electrons. The number of ketones is 1. The van der Waals surface area contributed by atoms with Gasteiger partial charge in [-0.3, -0.25) is 19.2 Å². The smallest absolute Gasteiger partial charge is 0.273 e. The van der Waals surface area contributed by atoms with Crippen LogP contribution in [0.15, 0.2) is 60.7 Å². The Morgan fingerprint density at radius 3 is 2.24 bits per heavy atom. The largest absolute Gasteiger partial charge is 0.497 e. The Morgan fingerprint density at radius 2 is 1.65 bits per heavy atom. The van der Waals surface area contributed by atoms with Crippen LogP contribution in [0.25, 0.3) is 0 Å². The fourth-order valence-corrected chi connectivity index (χ4v) is 4.74. The number of amides is 3. The Kier molecular flexibility index (Phi) is 6.57. The fraction of sp³-hybridized carbons (Fsp3) is 0.308. The van der Waals surface area contributed by atoms with Crippen molar-refractivity contribution in [2.24, 2.45) is 17.8 Å². The molecule has 0 bridgehead atoms. The highest BCUT2D eigenvalue weighted by atomic mass is 35.5. The monoisotopic (exact) mass is 480 g/mol.